The van der Waals surface area contributed by atoms with Crippen molar-refractivity contribution in [2.75, 3.05) is 26.2 Å². The van der Waals surface area contributed by atoms with Gasteiger partial charge in [-0.2, -0.15) is 0 Å². The molecule has 0 saturated carbocycles. The van der Waals surface area contributed by atoms with Crippen LogP contribution in [0.15, 0.2) is 24.3 Å². The third-order valence-corrected chi connectivity index (χ3v) is 4.50. The Labute approximate surface area is 138 Å². The molecule has 1 saturated heterocycles. The topological polar surface area (TPSA) is 53.6 Å². The summed E-state index contributed by atoms with van der Waals surface area (Å²) >= 11 is 0. The van der Waals surface area contributed by atoms with Crippen molar-refractivity contribution in [3.63, 3.8) is 0 Å². The van der Waals surface area contributed by atoms with Gasteiger partial charge in [0.25, 0.3) is 0 Å². The van der Waals surface area contributed by atoms with E-state index in [1.807, 2.05) is 26.8 Å². The Bertz CT molecular complexity index is 562. The predicted octanol–water partition coefficient (Wildman–Crippen LogP) is 2.08. The number of carbonyl (C=O) groups excluding carboxylic acids is 1. The number of hydrogen-bond donors (Lipinski definition) is 2. The monoisotopic (exact) mass is 317 g/mol. The number of carbonyl (C=O) groups is 1. The summed E-state index contributed by atoms with van der Waals surface area (Å²) in [6, 6.07) is 8.72. The number of fused-ring (bicyclic) bond motifs is 1. The number of alkyl carbamates (subject to hydrolysis) is 1. The molecule has 3 rings (SSSR count). The van der Waals surface area contributed by atoms with Gasteiger partial charge in [-0.1, -0.05) is 24.3 Å². The summed E-state index contributed by atoms with van der Waals surface area (Å²) < 4.78 is 5.47. The molecule has 0 bridgehead atoms. The van der Waals surface area contributed by atoms with Crippen LogP contribution in [-0.2, 0) is 11.2 Å². The average molecular weight is 317 g/mol. The second-order valence-corrected chi connectivity index (χ2v) is 7.38. The lowest BCUT2D eigenvalue weighted by atomic mass is 10.1. The molecule has 1 heterocycles. The lowest BCUT2D eigenvalue weighted by Gasteiger charge is -2.36. The van der Waals surface area contributed by atoms with Crippen molar-refractivity contribution in [3.05, 3.63) is 35.4 Å². The first kappa shape index (κ1) is 16.3. The summed E-state index contributed by atoms with van der Waals surface area (Å²) in [6.07, 6.45) is 0.649. The van der Waals surface area contributed by atoms with Gasteiger partial charge in [-0.15, -0.1) is 0 Å². The van der Waals surface area contributed by atoms with Crippen LogP contribution in [0.1, 0.15) is 37.9 Å². The Kier molecular flexibility index (Phi) is 4.60. The van der Waals surface area contributed by atoms with Crippen molar-refractivity contribution in [3.8, 4) is 0 Å². The van der Waals surface area contributed by atoms with Gasteiger partial charge in [-0.25, -0.2) is 4.79 Å². The Morgan fingerprint density at radius 1 is 1.26 bits per heavy atom. The maximum absolute atomic E-state index is 12.3. The van der Waals surface area contributed by atoms with Gasteiger partial charge in [0, 0.05) is 32.2 Å². The fourth-order valence-corrected chi connectivity index (χ4v) is 3.54. The molecule has 2 atom stereocenters. The second kappa shape index (κ2) is 6.49. The molecule has 1 aliphatic carbocycles. The Hall–Kier alpha value is -1.59. The van der Waals surface area contributed by atoms with E-state index in [9.17, 15) is 4.79 Å². The molecule has 23 heavy (non-hydrogen) atoms. The summed E-state index contributed by atoms with van der Waals surface area (Å²) in [4.78, 5) is 14.8. The van der Waals surface area contributed by atoms with Crippen LogP contribution in [0, 0.1) is 0 Å². The molecular weight excluding hydrogens is 290 g/mol. The number of amides is 1. The molecule has 0 spiro atoms. The van der Waals surface area contributed by atoms with Crippen molar-refractivity contribution in [1.82, 2.24) is 15.5 Å². The number of ether oxygens (including phenoxy) is 1. The minimum atomic E-state index is -0.479. The zero-order valence-electron chi connectivity index (χ0n) is 14.3. The smallest absolute Gasteiger partial charge is 0.408 e. The van der Waals surface area contributed by atoms with E-state index < -0.39 is 5.60 Å². The summed E-state index contributed by atoms with van der Waals surface area (Å²) in [5.41, 5.74) is 2.08. The van der Waals surface area contributed by atoms with E-state index >= 15 is 0 Å². The highest BCUT2D eigenvalue weighted by atomic mass is 16.6. The normalized spacial score (nSPS) is 25.0. The highest BCUT2D eigenvalue weighted by molar-refractivity contribution is 5.69. The van der Waals surface area contributed by atoms with E-state index in [2.05, 4.69) is 33.7 Å². The largest absolute Gasteiger partial charge is 0.444 e. The van der Waals surface area contributed by atoms with E-state index in [1.54, 1.807) is 0 Å². The van der Waals surface area contributed by atoms with E-state index in [4.69, 9.17) is 4.74 Å². The maximum atomic E-state index is 12.3. The molecule has 1 aromatic carbocycles. The fraction of sp³-hybridized carbons (Fsp3) is 0.611. The van der Waals surface area contributed by atoms with Crippen molar-refractivity contribution >= 4 is 6.09 Å². The highest BCUT2D eigenvalue weighted by Gasteiger charge is 2.38. The maximum Gasteiger partial charge on any atom is 0.408 e. The van der Waals surface area contributed by atoms with Crippen LogP contribution in [0.4, 0.5) is 4.79 Å². The molecule has 5 heteroatoms. The van der Waals surface area contributed by atoms with Crippen LogP contribution in [0.25, 0.3) is 0 Å². The number of piperazine rings is 1. The molecular formula is C18H27N3O2. The molecule has 2 N–H and O–H groups in total. The van der Waals surface area contributed by atoms with Gasteiger partial charge in [-0.3, -0.25) is 4.90 Å². The first-order chi connectivity index (χ1) is 10.9. The molecule has 1 unspecified atom stereocenters. The third kappa shape index (κ3) is 3.85. The van der Waals surface area contributed by atoms with Gasteiger partial charge in [0.05, 0.1) is 6.04 Å². The number of hydrogen-bond acceptors (Lipinski definition) is 4. The molecule has 2 aliphatic rings. The standard InChI is InChI=1S/C18H27N3O2/c1-18(2,3)23-17(22)20-16-14-7-5-4-6-13(14)12-15(16)21-10-8-19-9-11-21/h4-7,15-16,19H,8-12H2,1-3H3,(H,20,22)/t15?,16-/m1/s1. The van der Waals surface area contributed by atoms with Gasteiger partial charge in [0.1, 0.15) is 5.60 Å². The van der Waals surface area contributed by atoms with Crippen molar-refractivity contribution in [1.29, 1.82) is 0 Å². The Morgan fingerprint density at radius 2 is 1.96 bits per heavy atom. The van der Waals surface area contributed by atoms with Gasteiger partial charge >= 0.3 is 6.09 Å². The number of rotatable bonds is 2. The average Bonchev–Trinajstić information content (AvgIpc) is 2.85. The van der Waals surface area contributed by atoms with Crippen LogP contribution in [0.2, 0.25) is 0 Å². The third-order valence-electron chi connectivity index (χ3n) is 4.50. The predicted molar refractivity (Wildman–Crippen MR) is 90.5 cm³/mol. The molecule has 0 radical (unpaired) electrons. The SMILES string of the molecule is CC(C)(C)OC(=O)N[C@@H]1c2ccccc2CC1N1CCNCC1. The first-order valence-electron chi connectivity index (χ1n) is 8.46. The molecule has 126 valence electrons. The lowest BCUT2D eigenvalue weighted by molar-refractivity contribution is 0.0460. The first-order valence-corrected chi connectivity index (χ1v) is 8.46. The Morgan fingerprint density at radius 3 is 2.65 bits per heavy atom. The zero-order chi connectivity index (χ0) is 16.4. The molecule has 1 aliphatic heterocycles. The van der Waals surface area contributed by atoms with E-state index in [0.717, 1.165) is 32.6 Å². The number of nitrogens with zero attached hydrogens (tertiary/aromatic N) is 1. The summed E-state index contributed by atoms with van der Waals surface area (Å²) in [5, 5.41) is 6.51. The molecule has 1 amide bonds. The molecule has 1 aromatic rings. The second-order valence-electron chi connectivity index (χ2n) is 7.38. The number of nitrogens with one attached hydrogen (secondary N) is 2. The zero-order valence-corrected chi connectivity index (χ0v) is 14.3. The quantitative estimate of drug-likeness (QED) is 0.877. The van der Waals surface area contributed by atoms with E-state index in [0.29, 0.717) is 6.04 Å². The van der Waals surface area contributed by atoms with Gasteiger partial charge in [0.15, 0.2) is 0 Å². The van der Waals surface area contributed by atoms with Crippen LogP contribution in [-0.4, -0.2) is 48.8 Å². The summed E-state index contributed by atoms with van der Waals surface area (Å²) in [5.74, 6) is 0. The Balaban J connectivity index is 1.78. The molecule has 1 fully saturated rings. The minimum Gasteiger partial charge on any atom is -0.444 e. The van der Waals surface area contributed by atoms with Crippen molar-refractivity contribution in [2.45, 2.75) is 44.9 Å². The van der Waals surface area contributed by atoms with Crippen molar-refractivity contribution < 1.29 is 9.53 Å². The van der Waals surface area contributed by atoms with Crippen LogP contribution in [0.3, 0.4) is 0 Å². The van der Waals surface area contributed by atoms with Crippen LogP contribution < -0.4 is 10.6 Å². The van der Waals surface area contributed by atoms with E-state index in [1.165, 1.54) is 11.1 Å². The lowest BCUT2D eigenvalue weighted by Crippen LogP contribution is -2.52. The minimum absolute atomic E-state index is 0.000787. The van der Waals surface area contributed by atoms with Crippen LogP contribution in [0.5, 0.6) is 0 Å². The fourth-order valence-electron chi connectivity index (χ4n) is 3.54. The summed E-state index contributed by atoms with van der Waals surface area (Å²) in [6.45, 7) is 9.73. The number of benzene rings is 1. The summed E-state index contributed by atoms with van der Waals surface area (Å²) in [7, 11) is 0. The van der Waals surface area contributed by atoms with E-state index in [-0.39, 0.29) is 12.1 Å². The molecule has 5 nitrogen and oxygen atoms in total. The molecule has 0 aromatic heterocycles. The highest BCUT2D eigenvalue weighted by Crippen LogP contribution is 2.34. The van der Waals surface area contributed by atoms with Crippen LogP contribution >= 0.6 is 0 Å². The van der Waals surface area contributed by atoms with Gasteiger partial charge in [0.2, 0.25) is 0 Å². The van der Waals surface area contributed by atoms with Gasteiger partial charge in [-0.05, 0) is 38.3 Å². The van der Waals surface area contributed by atoms with Gasteiger partial charge < -0.3 is 15.4 Å². The van der Waals surface area contributed by atoms with Crippen molar-refractivity contribution in [2.24, 2.45) is 0 Å².